The molecule has 15 heavy (non-hydrogen) atoms. The first-order valence-electron chi connectivity index (χ1n) is 6.53. The van der Waals surface area contributed by atoms with Gasteiger partial charge in [0.1, 0.15) is 0 Å². The van der Waals surface area contributed by atoms with Crippen molar-refractivity contribution in [2.24, 2.45) is 16.7 Å². The van der Waals surface area contributed by atoms with E-state index in [1.807, 2.05) is 0 Å². The van der Waals surface area contributed by atoms with Gasteiger partial charge in [0.05, 0.1) is 0 Å². The van der Waals surface area contributed by atoms with E-state index in [0.29, 0.717) is 10.8 Å². The highest BCUT2D eigenvalue weighted by Gasteiger charge is 2.58. The van der Waals surface area contributed by atoms with Gasteiger partial charge >= 0.3 is 0 Å². The molecule has 2 aliphatic carbocycles. The van der Waals surface area contributed by atoms with E-state index in [9.17, 15) is 0 Å². The van der Waals surface area contributed by atoms with Crippen molar-refractivity contribution in [1.29, 1.82) is 0 Å². The zero-order valence-corrected chi connectivity index (χ0v) is 10.3. The summed E-state index contributed by atoms with van der Waals surface area (Å²) in [6.07, 6.45) is 8.24. The molecule has 0 aromatic rings. The van der Waals surface area contributed by atoms with Crippen LogP contribution in [-0.4, -0.2) is 18.0 Å². The van der Waals surface area contributed by atoms with E-state index in [4.69, 9.17) is 0 Å². The maximum absolute atomic E-state index is 2.67. The van der Waals surface area contributed by atoms with Gasteiger partial charge in [-0.2, -0.15) is 0 Å². The molecule has 0 spiro atoms. The molecule has 0 amide bonds. The van der Waals surface area contributed by atoms with E-state index >= 15 is 0 Å². The van der Waals surface area contributed by atoms with Crippen LogP contribution in [0.25, 0.3) is 0 Å². The number of fused-ring (bicyclic) bond motifs is 2. The Labute approximate surface area is 93.5 Å². The summed E-state index contributed by atoms with van der Waals surface area (Å²) in [6.45, 7) is 10.1. The summed E-state index contributed by atoms with van der Waals surface area (Å²) in [4.78, 5) is 2.67. The molecule has 1 saturated carbocycles. The highest BCUT2D eigenvalue weighted by atomic mass is 15.2. The monoisotopic (exact) mass is 205 g/mol. The van der Waals surface area contributed by atoms with Gasteiger partial charge < -0.3 is 4.90 Å². The van der Waals surface area contributed by atoms with E-state index in [2.05, 4.69) is 31.7 Å². The summed E-state index contributed by atoms with van der Waals surface area (Å²) in [6, 6.07) is 0. The van der Waals surface area contributed by atoms with Crippen LogP contribution in [-0.2, 0) is 0 Å². The third-order valence-corrected chi connectivity index (χ3v) is 5.68. The molecule has 3 aliphatic rings. The van der Waals surface area contributed by atoms with Gasteiger partial charge in [-0.15, -0.1) is 0 Å². The Morgan fingerprint density at radius 2 is 1.87 bits per heavy atom. The molecule has 1 nitrogen and oxygen atoms in total. The molecule has 84 valence electrons. The lowest BCUT2D eigenvalue weighted by molar-refractivity contribution is 0.139. The van der Waals surface area contributed by atoms with Crippen LogP contribution in [0, 0.1) is 16.7 Å². The quantitative estimate of drug-likeness (QED) is 0.634. The van der Waals surface area contributed by atoms with Crippen molar-refractivity contribution in [1.82, 2.24) is 4.90 Å². The fourth-order valence-corrected chi connectivity index (χ4v) is 4.07. The van der Waals surface area contributed by atoms with Gasteiger partial charge in [-0.3, -0.25) is 0 Å². The van der Waals surface area contributed by atoms with Crippen LogP contribution in [0.4, 0.5) is 0 Å². The molecule has 2 bridgehead atoms. The SMILES string of the molecule is CC1(C)[C@H]2C=C(N3CCCC3)[C@]1(C)CC2. The molecule has 0 unspecified atom stereocenters. The molecule has 1 saturated heterocycles. The summed E-state index contributed by atoms with van der Waals surface area (Å²) in [5.41, 5.74) is 2.67. The average Bonchev–Trinajstić information content (AvgIpc) is 2.80. The lowest BCUT2D eigenvalue weighted by atomic mass is 9.69. The molecule has 0 aromatic heterocycles. The topological polar surface area (TPSA) is 3.24 Å². The molecular weight excluding hydrogens is 182 g/mol. The Balaban J connectivity index is 1.96. The molecule has 1 heterocycles. The van der Waals surface area contributed by atoms with Crippen molar-refractivity contribution in [2.45, 2.75) is 46.5 Å². The first-order valence-corrected chi connectivity index (χ1v) is 6.53. The highest BCUT2D eigenvalue weighted by Crippen LogP contribution is 2.65. The third-order valence-electron chi connectivity index (χ3n) is 5.68. The predicted molar refractivity (Wildman–Crippen MR) is 63.5 cm³/mol. The predicted octanol–water partition coefficient (Wildman–Crippen LogP) is 3.42. The van der Waals surface area contributed by atoms with Crippen LogP contribution in [0.1, 0.15) is 46.5 Å². The van der Waals surface area contributed by atoms with Crippen molar-refractivity contribution in [3.8, 4) is 0 Å². The van der Waals surface area contributed by atoms with Gasteiger partial charge in [0.25, 0.3) is 0 Å². The summed E-state index contributed by atoms with van der Waals surface area (Å²) >= 11 is 0. The first kappa shape index (κ1) is 9.74. The normalized spacial score (nSPS) is 42.5. The number of hydrogen-bond acceptors (Lipinski definition) is 1. The van der Waals surface area contributed by atoms with E-state index < -0.39 is 0 Å². The first-order chi connectivity index (χ1) is 7.06. The van der Waals surface area contributed by atoms with Gasteiger partial charge in [-0.1, -0.05) is 26.8 Å². The number of nitrogens with zero attached hydrogens (tertiary/aromatic N) is 1. The van der Waals surface area contributed by atoms with E-state index in [1.54, 1.807) is 5.70 Å². The van der Waals surface area contributed by atoms with Gasteiger partial charge in [0, 0.05) is 24.2 Å². The summed E-state index contributed by atoms with van der Waals surface area (Å²) < 4.78 is 0. The fraction of sp³-hybridized carbons (Fsp3) is 0.857. The van der Waals surface area contributed by atoms with E-state index in [0.717, 1.165) is 5.92 Å². The van der Waals surface area contributed by atoms with Gasteiger partial charge in [-0.05, 0) is 37.0 Å². The highest BCUT2D eigenvalue weighted by molar-refractivity contribution is 5.31. The zero-order chi connectivity index (χ0) is 10.7. The van der Waals surface area contributed by atoms with Crippen LogP contribution in [0.15, 0.2) is 11.8 Å². The lowest BCUT2D eigenvalue weighted by Gasteiger charge is -2.40. The lowest BCUT2D eigenvalue weighted by Crippen LogP contribution is -2.36. The van der Waals surface area contributed by atoms with Crippen molar-refractivity contribution in [2.75, 3.05) is 13.1 Å². The van der Waals surface area contributed by atoms with Crippen LogP contribution in [0.5, 0.6) is 0 Å². The van der Waals surface area contributed by atoms with Gasteiger partial charge in [-0.25, -0.2) is 0 Å². The molecule has 3 rings (SSSR count). The Morgan fingerprint density at radius 1 is 1.20 bits per heavy atom. The van der Waals surface area contributed by atoms with Crippen LogP contribution in [0.3, 0.4) is 0 Å². The average molecular weight is 205 g/mol. The molecule has 2 fully saturated rings. The number of hydrogen-bond donors (Lipinski definition) is 0. The van der Waals surface area contributed by atoms with Crippen LogP contribution < -0.4 is 0 Å². The summed E-state index contributed by atoms with van der Waals surface area (Å²) in [5, 5.41) is 0. The van der Waals surface area contributed by atoms with Crippen molar-refractivity contribution in [3.63, 3.8) is 0 Å². The standard InChI is InChI=1S/C14H23N/c1-13(2)11-6-7-14(13,3)12(10-11)15-8-4-5-9-15/h10-11H,4-9H2,1-3H3/t11-,14+/m1/s1. The Hall–Kier alpha value is -0.460. The molecule has 0 radical (unpaired) electrons. The van der Waals surface area contributed by atoms with E-state index in [-0.39, 0.29) is 0 Å². The van der Waals surface area contributed by atoms with Gasteiger partial charge in [0.15, 0.2) is 0 Å². The molecule has 1 heteroatoms. The zero-order valence-electron chi connectivity index (χ0n) is 10.3. The molecule has 0 aromatic carbocycles. The smallest absolute Gasteiger partial charge is 0.0175 e. The van der Waals surface area contributed by atoms with Gasteiger partial charge in [0.2, 0.25) is 0 Å². The van der Waals surface area contributed by atoms with E-state index in [1.165, 1.54) is 38.8 Å². The van der Waals surface area contributed by atoms with Crippen LogP contribution in [0.2, 0.25) is 0 Å². The molecular formula is C14H23N. The Bertz CT molecular complexity index is 309. The maximum atomic E-state index is 2.67. The van der Waals surface area contributed by atoms with Crippen molar-refractivity contribution >= 4 is 0 Å². The Kier molecular flexibility index (Phi) is 1.82. The van der Waals surface area contributed by atoms with Crippen molar-refractivity contribution in [3.05, 3.63) is 11.8 Å². The van der Waals surface area contributed by atoms with Crippen molar-refractivity contribution < 1.29 is 0 Å². The second-order valence-electron chi connectivity index (χ2n) is 6.45. The summed E-state index contributed by atoms with van der Waals surface area (Å²) in [5.74, 6) is 0.845. The minimum absolute atomic E-state index is 0.474. The maximum Gasteiger partial charge on any atom is 0.0175 e. The second kappa shape index (κ2) is 2.81. The molecule has 2 atom stereocenters. The minimum Gasteiger partial charge on any atom is -0.375 e. The van der Waals surface area contributed by atoms with Crippen LogP contribution >= 0.6 is 0 Å². The minimum atomic E-state index is 0.474. The largest absolute Gasteiger partial charge is 0.375 e. The second-order valence-corrected chi connectivity index (χ2v) is 6.45. The Morgan fingerprint density at radius 3 is 2.33 bits per heavy atom. The third kappa shape index (κ3) is 1.04. The number of allylic oxidation sites excluding steroid dienone is 2. The number of rotatable bonds is 1. The molecule has 0 N–H and O–H groups in total. The fourth-order valence-electron chi connectivity index (χ4n) is 4.07. The number of likely N-dealkylation sites (tertiary alicyclic amines) is 1. The summed E-state index contributed by atoms with van der Waals surface area (Å²) in [7, 11) is 0. The molecule has 1 aliphatic heterocycles.